The number of benzene rings is 1. The summed E-state index contributed by atoms with van der Waals surface area (Å²) in [6, 6.07) is 4.15. The molecule has 1 spiro atoms. The van der Waals surface area contributed by atoms with Crippen LogP contribution in [0.5, 0.6) is 0 Å². The largest absolute Gasteiger partial charge is 0.375 e. The number of ketones is 1. The second-order valence-electron chi connectivity index (χ2n) is 5.56. The van der Waals surface area contributed by atoms with E-state index in [1.165, 1.54) is 18.2 Å². The van der Waals surface area contributed by atoms with E-state index in [4.69, 9.17) is 16.3 Å². The summed E-state index contributed by atoms with van der Waals surface area (Å²) in [5.74, 6) is -0.750. The van der Waals surface area contributed by atoms with Gasteiger partial charge in [0.25, 0.3) is 0 Å². The van der Waals surface area contributed by atoms with Crippen molar-refractivity contribution in [2.75, 3.05) is 6.61 Å². The van der Waals surface area contributed by atoms with E-state index in [9.17, 15) is 9.18 Å². The van der Waals surface area contributed by atoms with Crippen LogP contribution in [0.15, 0.2) is 18.2 Å². The molecule has 2 aliphatic rings. The molecule has 0 N–H and O–H groups in total. The third-order valence-corrected chi connectivity index (χ3v) is 4.56. The highest BCUT2D eigenvalue weighted by atomic mass is 35.5. The van der Waals surface area contributed by atoms with E-state index in [1.807, 2.05) is 0 Å². The minimum atomic E-state index is -0.483. The lowest BCUT2D eigenvalue weighted by Crippen LogP contribution is -2.47. The molecule has 1 saturated heterocycles. The third-order valence-electron chi connectivity index (χ3n) is 4.32. The van der Waals surface area contributed by atoms with E-state index in [0.717, 1.165) is 25.7 Å². The highest BCUT2D eigenvalue weighted by Crippen LogP contribution is 2.45. The molecule has 19 heavy (non-hydrogen) atoms. The Bertz CT molecular complexity index is 511. The number of halogens is 2. The summed E-state index contributed by atoms with van der Waals surface area (Å²) in [5, 5.41) is 0.398. The van der Waals surface area contributed by atoms with Gasteiger partial charge in [-0.3, -0.25) is 4.79 Å². The maximum atomic E-state index is 13.8. The molecule has 1 unspecified atom stereocenters. The highest BCUT2D eigenvalue weighted by molar-refractivity contribution is 6.31. The maximum Gasteiger partial charge on any atom is 0.169 e. The van der Waals surface area contributed by atoms with E-state index >= 15 is 0 Å². The van der Waals surface area contributed by atoms with Crippen molar-refractivity contribution in [1.82, 2.24) is 0 Å². The monoisotopic (exact) mass is 282 g/mol. The van der Waals surface area contributed by atoms with Gasteiger partial charge in [-0.1, -0.05) is 11.6 Å². The van der Waals surface area contributed by atoms with Crippen LogP contribution in [0.3, 0.4) is 0 Å². The summed E-state index contributed by atoms with van der Waals surface area (Å²) in [5.41, 5.74) is 0.0158. The first-order valence-electron chi connectivity index (χ1n) is 6.73. The van der Waals surface area contributed by atoms with Crippen molar-refractivity contribution < 1.29 is 13.9 Å². The number of carbonyl (C=O) groups is 1. The molecule has 0 bridgehead atoms. The molecular weight excluding hydrogens is 267 g/mol. The Morgan fingerprint density at radius 1 is 1.42 bits per heavy atom. The van der Waals surface area contributed by atoms with Crippen molar-refractivity contribution in [3.8, 4) is 0 Å². The number of Topliss-reactive ketones (excluding diaryl/α,β-unsaturated/α-hetero) is 1. The zero-order valence-electron chi connectivity index (χ0n) is 10.6. The molecule has 1 saturated carbocycles. The van der Waals surface area contributed by atoms with Crippen LogP contribution in [0.25, 0.3) is 0 Å². The van der Waals surface area contributed by atoms with E-state index in [0.29, 0.717) is 18.1 Å². The molecule has 3 rings (SSSR count). The average molecular weight is 283 g/mol. The van der Waals surface area contributed by atoms with Gasteiger partial charge in [0.05, 0.1) is 11.2 Å². The van der Waals surface area contributed by atoms with Crippen LogP contribution in [-0.4, -0.2) is 18.0 Å². The quantitative estimate of drug-likeness (QED) is 0.766. The van der Waals surface area contributed by atoms with Gasteiger partial charge in [0.15, 0.2) is 5.78 Å². The molecule has 1 atom stereocenters. The van der Waals surface area contributed by atoms with Crippen molar-refractivity contribution in [3.05, 3.63) is 34.6 Å². The van der Waals surface area contributed by atoms with Crippen LogP contribution >= 0.6 is 11.6 Å². The fourth-order valence-electron chi connectivity index (χ4n) is 3.08. The number of carbonyl (C=O) groups excluding carboxylic acids is 1. The minimum absolute atomic E-state index is 0.104. The Kier molecular flexibility index (Phi) is 3.35. The summed E-state index contributed by atoms with van der Waals surface area (Å²) >= 11 is 5.85. The van der Waals surface area contributed by atoms with Crippen molar-refractivity contribution in [1.29, 1.82) is 0 Å². The van der Waals surface area contributed by atoms with Gasteiger partial charge in [-0.2, -0.15) is 0 Å². The van der Waals surface area contributed by atoms with Gasteiger partial charge in [0.2, 0.25) is 0 Å². The predicted octanol–water partition coefficient (Wildman–Crippen LogP) is 4.01. The summed E-state index contributed by atoms with van der Waals surface area (Å²) in [6.07, 6.45) is 4.60. The molecule has 2 fully saturated rings. The van der Waals surface area contributed by atoms with Crippen LogP contribution in [0, 0.1) is 11.7 Å². The minimum Gasteiger partial charge on any atom is -0.375 e. The van der Waals surface area contributed by atoms with E-state index in [-0.39, 0.29) is 22.9 Å². The maximum absolute atomic E-state index is 13.8. The van der Waals surface area contributed by atoms with Crippen molar-refractivity contribution in [3.63, 3.8) is 0 Å². The van der Waals surface area contributed by atoms with Crippen molar-refractivity contribution >= 4 is 17.4 Å². The second-order valence-corrected chi connectivity index (χ2v) is 6.00. The summed E-state index contributed by atoms with van der Waals surface area (Å²) in [6.45, 7) is 0.596. The first-order chi connectivity index (χ1) is 9.10. The van der Waals surface area contributed by atoms with E-state index < -0.39 is 5.82 Å². The average Bonchev–Trinajstić information content (AvgIpc) is 2.39. The molecule has 2 nitrogen and oxygen atoms in total. The van der Waals surface area contributed by atoms with Crippen LogP contribution < -0.4 is 0 Å². The number of hydrogen-bond donors (Lipinski definition) is 0. The molecule has 102 valence electrons. The fourth-order valence-corrected chi connectivity index (χ4v) is 3.25. The number of rotatable bonds is 2. The zero-order valence-corrected chi connectivity index (χ0v) is 11.4. The van der Waals surface area contributed by atoms with Gasteiger partial charge < -0.3 is 4.74 Å². The van der Waals surface area contributed by atoms with Crippen molar-refractivity contribution in [2.45, 2.75) is 37.7 Å². The Hall–Kier alpha value is -0.930. The van der Waals surface area contributed by atoms with Gasteiger partial charge in [0.1, 0.15) is 5.82 Å². The van der Waals surface area contributed by atoms with Gasteiger partial charge in [-0.15, -0.1) is 0 Å². The van der Waals surface area contributed by atoms with Crippen molar-refractivity contribution in [2.24, 2.45) is 5.92 Å². The van der Waals surface area contributed by atoms with Gasteiger partial charge in [-0.05, 0) is 50.3 Å². The van der Waals surface area contributed by atoms with E-state index in [1.54, 1.807) is 0 Å². The Balaban J connectivity index is 1.81. The molecule has 0 aromatic heterocycles. The Morgan fingerprint density at radius 2 is 2.21 bits per heavy atom. The molecule has 0 amide bonds. The molecule has 4 heteroatoms. The molecule has 1 aromatic carbocycles. The third kappa shape index (κ3) is 2.41. The van der Waals surface area contributed by atoms with Gasteiger partial charge in [0, 0.05) is 17.5 Å². The zero-order chi connectivity index (χ0) is 13.5. The Morgan fingerprint density at radius 3 is 2.89 bits per heavy atom. The molecule has 1 aliphatic carbocycles. The van der Waals surface area contributed by atoms with Gasteiger partial charge >= 0.3 is 0 Å². The lowest BCUT2D eigenvalue weighted by molar-refractivity contribution is -0.137. The van der Waals surface area contributed by atoms with Crippen LogP contribution in [0.4, 0.5) is 4.39 Å². The topological polar surface area (TPSA) is 26.3 Å². The molecule has 1 aromatic rings. The second kappa shape index (κ2) is 4.88. The molecular formula is C15H16ClFO2. The van der Waals surface area contributed by atoms with Crippen LogP contribution in [0.2, 0.25) is 5.02 Å². The lowest BCUT2D eigenvalue weighted by Gasteiger charge is -2.46. The Labute approximate surface area is 116 Å². The highest BCUT2D eigenvalue weighted by Gasteiger charge is 2.44. The SMILES string of the molecule is O=C(c1cc(Cl)ccc1F)C1CCOC2(CCC2)C1. The fraction of sp³-hybridized carbons (Fsp3) is 0.533. The first kappa shape index (κ1) is 13.1. The van der Waals surface area contributed by atoms with Crippen LogP contribution in [0.1, 0.15) is 42.5 Å². The number of hydrogen-bond acceptors (Lipinski definition) is 2. The normalized spacial score (nSPS) is 25.1. The summed E-state index contributed by atoms with van der Waals surface area (Å²) < 4.78 is 19.6. The molecule has 1 heterocycles. The number of ether oxygens (including phenoxy) is 1. The summed E-state index contributed by atoms with van der Waals surface area (Å²) in [4.78, 5) is 12.4. The van der Waals surface area contributed by atoms with Gasteiger partial charge in [-0.25, -0.2) is 4.39 Å². The molecule has 0 radical (unpaired) electrons. The standard InChI is InChI=1S/C15H16ClFO2/c16-11-2-3-13(17)12(8-11)14(18)10-4-7-19-15(9-10)5-1-6-15/h2-3,8,10H,1,4-7,9H2. The first-order valence-corrected chi connectivity index (χ1v) is 7.11. The summed E-state index contributed by atoms with van der Waals surface area (Å²) in [7, 11) is 0. The molecule has 1 aliphatic heterocycles. The lowest BCUT2D eigenvalue weighted by atomic mass is 9.70. The predicted molar refractivity (Wildman–Crippen MR) is 71.0 cm³/mol. The smallest absolute Gasteiger partial charge is 0.169 e. The van der Waals surface area contributed by atoms with E-state index in [2.05, 4.69) is 0 Å². The van der Waals surface area contributed by atoms with Crippen LogP contribution in [-0.2, 0) is 4.74 Å².